The molecule has 0 spiro atoms. The molecule has 2 aromatic rings. The second-order valence-corrected chi connectivity index (χ2v) is 5.85. The molecule has 23 heavy (non-hydrogen) atoms. The summed E-state index contributed by atoms with van der Waals surface area (Å²) in [4.78, 5) is 11.9. The molecule has 0 N–H and O–H groups in total. The molecule has 4 nitrogen and oxygen atoms in total. The fourth-order valence-corrected chi connectivity index (χ4v) is 2.58. The predicted molar refractivity (Wildman–Crippen MR) is 83.2 cm³/mol. The predicted octanol–water partition coefficient (Wildman–Crippen LogP) is 4.29. The molecule has 1 saturated carbocycles. The molecule has 0 radical (unpaired) electrons. The van der Waals surface area contributed by atoms with Crippen LogP contribution >= 0.6 is 0 Å². The van der Waals surface area contributed by atoms with Crippen molar-refractivity contribution in [2.75, 3.05) is 11.4 Å². The van der Waals surface area contributed by atoms with Crippen LogP contribution in [-0.2, 0) is 6.54 Å². The molecule has 0 heterocycles. The van der Waals surface area contributed by atoms with Crippen molar-refractivity contribution in [1.82, 2.24) is 0 Å². The zero-order chi connectivity index (χ0) is 16.4. The molecule has 1 aliphatic carbocycles. The summed E-state index contributed by atoms with van der Waals surface area (Å²) in [5.74, 6) is -0.465. The summed E-state index contributed by atoms with van der Waals surface area (Å²) in [5, 5.41) is 10.7. The Kier molecular flexibility index (Phi) is 4.23. The Morgan fingerprint density at radius 3 is 2.57 bits per heavy atom. The van der Waals surface area contributed by atoms with E-state index in [9.17, 15) is 18.9 Å². The van der Waals surface area contributed by atoms with Crippen LogP contribution in [0.25, 0.3) is 0 Å². The molecular formula is C17H16F2N2O2. The molecule has 0 unspecified atom stereocenters. The highest BCUT2D eigenvalue weighted by Crippen LogP contribution is 2.33. The molecule has 6 heteroatoms. The van der Waals surface area contributed by atoms with Crippen molar-refractivity contribution < 1.29 is 13.7 Å². The smallest absolute Gasteiger partial charge is 0.272 e. The first kappa shape index (κ1) is 15.4. The van der Waals surface area contributed by atoms with Gasteiger partial charge >= 0.3 is 0 Å². The van der Waals surface area contributed by atoms with Crippen molar-refractivity contribution in [3.8, 4) is 0 Å². The first-order valence-electron chi connectivity index (χ1n) is 7.46. The average molecular weight is 318 g/mol. The van der Waals surface area contributed by atoms with Crippen LogP contribution in [-0.4, -0.2) is 11.5 Å². The van der Waals surface area contributed by atoms with Crippen LogP contribution in [0.1, 0.15) is 18.4 Å². The van der Waals surface area contributed by atoms with Gasteiger partial charge in [-0.1, -0.05) is 12.1 Å². The third-order valence-corrected chi connectivity index (χ3v) is 3.92. The van der Waals surface area contributed by atoms with Crippen LogP contribution in [0.4, 0.5) is 20.2 Å². The molecule has 0 saturated heterocycles. The second kappa shape index (κ2) is 6.32. The van der Waals surface area contributed by atoms with Gasteiger partial charge in [-0.05, 0) is 42.5 Å². The van der Waals surface area contributed by atoms with Gasteiger partial charge in [0, 0.05) is 19.2 Å². The minimum absolute atomic E-state index is 0.275. The molecular weight excluding hydrogens is 302 g/mol. The second-order valence-electron chi connectivity index (χ2n) is 5.85. The van der Waals surface area contributed by atoms with Gasteiger partial charge in [-0.3, -0.25) is 10.1 Å². The third-order valence-electron chi connectivity index (χ3n) is 3.92. The van der Waals surface area contributed by atoms with E-state index in [1.54, 1.807) is 12.1 Å². The van der Waals surface area contributed by atoms with Crippen molar-refractivity contribution in [1.29, 1.82) is 0 Å². The van der Waals surface area contributed by atoms with E-state index in [2.05, 4.69) is 0 Å². The summed E-state index contributed by atoms with van der Waals surface area (Å²) in [6.07, 6.45) is 2.18. The van der Waals surface area contributed by atoms with Gasteiger partial charge in [0.25, 0.3) is 5.69 Å². The van der Waals surface area contributed by atoms with E-state index in [1.165, 1.54) is 24.3 Å². The molecule has 0 amide bonds. The number of halogens is 2. The fraction of sp³-hybridized carbons (Fsp3) is 0.294. The van der Waals surface area contributed by atoms with Gasteiger partial charge in [0.05, 0.1) is 16.7 Å². The van der Waals surface area contributed by atoms with Crippen LogP contribution < -0.4 is 4.90 Å². The van der Waals surface area contributed by atoms with E-state index in [1.807, 2.05) is 4.90 Å². The summed E-state index contributed by atoms with van der Waals surface area (Å²) >= 11 is 0. The van der Waals surface area contributed by atoms with Gasteiger partial charge < -0.3 is 4.90 Å². The Labute approximate surface area is 132 Å². The normalized spacial score (nSPS) is 13.8. The Balaban J connectivity index is 1.87. The number of nitro benzene ring substituents is 1. The first-order valence-corrected chi connectivity index (χ1v) is 7.46. The number of hydrogen-bond acceptors (Lipinski definition) is 3. The quantitative estimate of drug-likeness (QED) is 0.589. The number of nitro groups is 1. The van der Waals surface area contributed by atoms with Crippen molar-refractivity contribution in [2.24, 2.45) is 5.92 Å². The monoisotopic (exact) mass is 318 g/mol. The maximum Gasteiger partial charge on any atom is 0.272 e. The molecule has 0 atom stereocenters. The van der Waals surface area contributed by atoms with E-state index < -0.39 is 10.7 Å². The lowest BCUT2D eigenvalue weighted by molar-refractivity contribution is -0.385. The van der Waals surface area contributed by atoms with E-state index in [0.717, 1.165) is 24.5 Å². The van der Waals surface area contributed by atoms with Crippen molar-refractivity contribution in [3.05, 3.63) is 69.8 Å². The molecule has 1 aliphatic rings. The van der Waals surface area contributed by atoms with Crippen molar-refractivity contribution >= 4 is 11.4 Å². The van der Waals surface area contributed by atoms with Gasteiger partial charge in [-0.2, -0.15) is 0 Å². The molecule has 0 bridgehead atoms. The molecule has 120 valence electrons. The van der Waals surface area contributed by atoms with E-state index >= 15 is 0 Å². The highest BCUT2D eigenvalue weighted by molar-refractivity contribution is 5.53. The third kappa shape index (κ3) is 3.83. The molecule has 0 aliphatic heterocycles. The van der Waals surface area contributed by atoms with Crippen molar-refractivity contribution in [3.63, 3.8) is 0 Å². The molecule has 0 aromatic heterocycles. The number of anilines is 1. The maximum atomic E-state index is 14.3. The molecule has 3 rings (SSSR count). The minimum atomic E-state index is -0.628. The van der Waals surface area contributed by atoms with Gasteiger partial charge in [0.15, 0.2) is 5.82 Å². The lowest BCUT2D eigenvalue weighted by atomic mass is 10.1. The number of benzene rings is 2. The lowest BCUT2D eigenvalue weighted by Crippen LogP contribution is -2.26. The fourth-order valence-electron chi connectivity index (χ4n) is 2.58. The maximum absolute atomic E-state index is 14.3. The highest BCUT2D eigenvalue weighted by Gasteiger charge is 2.26. The van der Waals surface area contributed by atoms with Gasteiger partial charge in [0.1, 0.15) is 5.82 Å². The number of hydrogen-bond donors (Lipinski definition) is 0. The Bertz CT molecular complexity index is 732. The van der Waals surface area contributed by atoms with Gasteiger partial charge in [0.2, 0.25) is 0 Å². The van der Waals surface area contributed by atoms with Crippen LogP contribution in [0.3, 0.4) is 0 Å². The van der Waals surface area contributed by atoms with Crippen LogP contribution in [0.5, 0.6) is 0 Å². The van der Waals surface area contributed by atoms with Crippen LogP contribution in [0.2, 0.25) is 0 Å². The molecule has 1 fully saturated rings. The number of rotatable bonds is 6. The van der Waals surface area contributed by atoms with Gasteiger partial charge in [-0.25, -0.2) is 8.78 Å². The molecule has 2 aromatic carbocycles. The Morgan fingerprint density at radius 1 is 1.17 bits per heavy atom. The highest BCUT2D eigenvalue weighted by atomic mass is 19.1. The Hall–Kier alpha value is -2.50. The SMILES string of the molecule is O=[N+]([O-])c1ccc(N(Cc2cccc(F)c2)CC2CC2)c(F)c1. The summed E-state index contributed by atoms with van der Waals surface area (Å²) in [7, 11) is 0. The Morgan fingerprint density at radius 2 is 1.96 bits per heavy atom. The summed E-state index contributed by atoms with van der Waals surface area (Å²) in [6.45, 7) is 1.02. The van der Waals surface area contributed by atoms with E-state index in [4.69, 9.17) is 0 Å². The standard InChI is InChI=1S/C17H16F2N2O2/c18-14-3-1-2-13(8-14)11-20(10-12-4-5-12)17-7-6-15(21(22)23)9-16(17)19/h1-3,6-9,12H,4-5,10-11H2. The topological polar surface area (TPSA) is 46.4 Å². The largest absolute Gasteiger partial charge is 0.365 e. The lowest BCUT2D eigenvalue weighted by Gasteiger charge is -2.25. The summed E-state index contributed by atoms with van der Waals surface area (Å²) < 4.78 is 27.6. The zero-order valence-electron chi connectivity index (χ0n) is 12.4. The van der Waals surface area contributed by atoms with E-state index in [-0.39, 0.29) is 11.5 Å². The minimum Gasteiger partial charge on any atom is -0.365 e. The summed E-state index contributed by atoms with van der Waals surface area (Å²) in [5.41, 5.74) is 0.776. The van der Waals surface area contributed by atoms with Crippen LogP contribution in [0, 0.1) is 27.7 Å². The first-order chi connectivity index (χ1) is 11.0. The van der Waals surface area contributed by atoms with Crippen LogP contribution in [0.15, 0.2) is 42.5 Å². The average Bonchev–Trinajstić information content (AvgIpc) is 3.30. The van der Waals surface area contributed by atoms with E-state index in [0.29, 0.717) is 24.7 Å². The summed E-state index contributed by atoms with van der Waals surface area (Å²) in [6, 6.07) is 9.84. The van der Waals surface area contributed by atoms with Gasteiger partial charge in [-0.15, -0.1) is 0 Å². The number of nitrogens with zero attached hydrogens (tertiary/aromatic N) is 2. The van der Waals surface area contributed by atoms with Crippen molar-refractivity contribution in [2.45, 2.75) is 19.4 Å². The zero-order valence-corrected chi connectivity index (χ0v) is 12.4. The number of non-ortho nitro benzene ring substituents is 1.